The molecule has 0 radical (unpaired) electrons. The van der Waals surface area contributed by atoms with E-state index in [1.54, 1.807) is 0 Å². The molecule has 1 aromatic rings. The summed E-state index contributed by atoms with van der Waals surface area (Å²) in [5.41, 5.74) is 0.965. The Morgan fingerprint density at radius 1 is 1.29 bits per heavy atom. The van der Waals surface area contributed by atoms with Crippen molar-refractivity contribution in [3.05, 3.63) is 22.4 Å². The first-order valence-electron chi connectivity index (χ1n) is 6.61. The molecule has 1 aliphatic carbocycles. The smallest absolute Gasteiger partial charge is 0.0106 e. The summed E-state index contributed by atoms with van der Waals surface area (Å²) in [6.07, 6.45) is 2.47. The molecule has 1 nitrogen and oxygen atoms in total. The molecule has 0 aromatic carbocycles. The Labute approximate surface area is 110 Å². The zero-order chi connectivity index (χ0) is 12.7. The molecule has 0 spiro atoms. The number of hydrogen-bond donors (Lipinski definition) is 1. The third kappa shape index (κ3) is 2.17. The van der Waals surface area contributed by atoms with Crippen molar-refractivity contribution in [2.75, 3.05) is 7.05 Å². The van der Waals surface area contributed by atoms with E-state index >= 15 is 0 Å². The molecule has 1 atom stereocenters. The lowest BCUT2D eigenvalue weighted by atomic mass is 9.99. The average molecular weight is 251 g/mol. The summed E-state index contributed by atoms with van der Waals surface area (Å²) in [5.74, 6) is 0.806. The Bertz CT molecular complexity index is 350. The number of rotatable bonds is 5. The van der Waals surface area contributed by atoms with Crippen molar-refractivity contribution in [1.29, 1.82) is 0 Å². The summed E-state index contributed by atoms with van der Waals surface area (Å²) in [5, 5.41) is 5.72. The molecule has 1 saturated carbocycles. The highest BCUT2D eigenvalue weighted by Crippen LogP contribution is 2.69. The lowest BCUT2D eigenvalue weighted by Crippen LogP contribution is -2.30. The van der Waals surface area contributed by atoms with Gasteiger partial charge in [-0.25, -0.2) is 0 Å². The Kier molecular flexibility index (Phi) is 3.39. The summed E-state index contributed by atoms with van der Waals surface area (Å²) >= 11 is 1.88. The van der Waals surface area contributed by atoms with Crippen LogP contribution in [0, 0.1) is 16.7 Å². The van der Waals surface area contributed by atoms with E-state index in [-0.39, 0.29) is 0 Å². The summed E-state index contributed by atoms with van der Waals surface area (Å²) in [4.78, 5) is 1.52. The fourth-order valence-corrected chi connectivity index (χ4v) is 4.21. The standard InChI is InChI=1S/C15H25NS/c1-14(2)13(15(14,3)4)12(16-5)9-8-11-7-6-10-17-11/h6-7,10,12-13,16H,8-9H2,1-5H3. The van der Waals surface area contributed by atoms with Crippen LogP contribution >= 0.6 is 11.3 Å². The number of thiophene rings is 1. The minimum atomic E-state index is 0.482. The Balaban J connectivity index is 1.95. The second-order valence-electron chi connectivity index (χ2n) is 6.43. The third-order valence-electron chi connectivity index (χ3n) is 5.19. The van der Waals surface area contributed by atoms with Crippen molar-refractivity contribution in [1.82, 2.24) is 5.32 Å². The monoisotopic (exact) mass is 251 g/mol. The second-order valence-corrected chi connectivity index (χ2v) is 7.47. The van der Waals surface area contributed by atoms with Crippen molar-refractivity contribution < 1.29 is 0 Å². The quantitative estimate of drug-likeness (QED) is 0.835. The van der Waals surface area contributed by atoms with Gasteiger partial charge in [0, 0.05) is 10.9 Å². The van der Waals surface area contributed by atoms with Crippen molar-refractivity contribution in [3.63, 3.8) is 0 Å². The molecule has 0 bridgehead atoms. The maximum atomic E-state index is 3.54. The van der Waals surface area contributed by atoms with Crippen LogP contribution in [0.1, 0.15) is 39.0 Å². The Morgan fingerprint density at radius 3 is 2.35 bits per heavy atom. The van der Waals surface area contributed by atoms with Gasteiger partial charge in [-0.1, -0.05) is 33.8 Å². The zero-order valence-corrected chi connectivity index (χ0v) is 12.5. The van der Waals surface area contributed by atoms with Gasteiger partial charge in [0.2, 0.25) is 0 Å². The first-order valence-corrected chi connectivity index (χ1v) is 7.49. The van der Waals surface area contributed by atoms with Crippen LogP contribution in [-0.2, 0) is 6.42 Å². The third-order valence-corrected chi connectivity index (χ3v) is 6.12. The van der Waals surface area contributed by atoms with Gasteiger partial charge in [0.15, 0.2) is 0 Å². The van der Waals surface area contributed by atoms with E-state index < -0.39 is 0 Å². The number of hydrogen-bond acceptors (Lipinski definition) is 2. The second kappa shape index (κ2) is 4.40. The maximum Gasteiger partial charge on any atom is 0.0106 e. The molecule has 0 amide bonds. The topological polar surface area (TPSA) is 12.0 Å². The van der Waals surface area contributed by atoms with Crippen LogP contribution < -0.4 is 5.32 Å². The van der Waals surface area contributed by atoms with Crippen LogP contribution in [0.3, 0.4) is 0 Å². The fraction of sp³-hybridized carbons (Fsp3) is 0.733. The van der Waals surface area contributed by atoms with Gasteiger partial charge < -0.3 is 5.32 Å². The molecule has 1 fully saturated rings. The highest BCUT2D eigenvalue weighted by molar-refractivity contribution is 7.09. The summed E-state index contributed by atoms with van der Waals surface area (Å²) in [7, 11) is 2.11. The highest BCUT2D eigenvalue weighted by Gasteiger charge is 2.66. The van der Waals surface area contributed by atoms with E-state index in [9.17, 15) is 0 Å². The first kappa shape index (κ1) is 13.1. The molecule has 1 aromatic heterocycles. The predicted molar refractivity (Wildman–Crippen MR) is 76.5 cm³/mol. The van der Waals surface area contributed by atoms with Crippen LogP contribution in [0.15, 0.2) is 17.5 Å². The van der Waals surface area contributed by atoms with E-state index in [4.69, 9.17) is 0 Å². The normalized spacial score (nSPS) is 23.6. The van der Waals surface area contributed by atoms with Crippen LogP contribution in [0.25, 0.3) is 0 Å². The van der Waals surface area contributed by atoms with Gasteiger partial charge in [-0.3, -0.25) is 0 Å². The van der Waals surface area contributed by atoms with Crippen molar-refractivity contribution >= 4 is 11.3 Å². The summed E-state index contributed by atoms with van der Waals surface area (Å²) in [6.45, 7) is 9.64. The maximum absolute atomic E-state index is 3.54. The van der Waals surface area contributed by atoms with Gasteiger partial charge in [-0.15, -0.1) is 11.3 Å². The van der Waals surface area contributed by atoms with Crippen LogP contribution in [0.5, 0.6) is 0 Å². The van der Waals surface area contributed by atoms with Crippen LogP contribution in [0.4, 0.5) is 0 Å². The molecule has 2 heteroatoms. The van der Waals surface area contributed by atoms with Crippen molar-refractivity contribution in [2.45, 2.75) is 46.6 Å². The highest BCUT2D eigenvalue weighted by atomic mass is 32.1. The molecule has 1 heterocycles. The number of nitrogens with one attached hydrogen (secondary N) is 1. The van der Waals surface area contributed by atoms with Crippen LogP contribution in [0.2, 0.25) is 0 Å². The van der Waals surface area contributed by atoms with Crippen molar-refractivity contribution in [3.8, 4) is 0 Å². The van der Waals surface area contributed by atoms with E-state index in [1.807, 2.05) is 11.3 Å². The minimum Gasteiger partial charge on any atom is -0.317 e. The SMILES string of the molecule is CNC(CCc1cccs1)C1C(C)(C)C1(C)C. The van der Waals surface area contributed by atoms with E-state index in [0.717, 1.165) is 5.92 Å². The molecule has 96 valence electrons. The lowest BCUT2D eigenvalue weighted by Gasteiger charge is -2.18. The van der Waals surface area contributed by atoms with Crippen LogP contribution in [-0.4, -0.2) is 13.1 Å². The lowest BCUT2D eigenvalue weighted by molar-refractivity contribution is 0.401. The molecule has 1 N–H and O–H groups in total. The first-order chi connectivity index (χ1) is 7.91. The largest absolute Gasteiger partial charge is 0.317 e. The molecule has 0 aliphatic heterocycles. The average Bonchev–Trinajstić information content (AvgIpc) is 2.65. The van der Waals surface area contributed by atoms with Gasteiger partial charge in [0.05, 0.1) is 0 Å². The minimum absolute atomic E-state index is 0.482. The molecular formula is C15H25NS. The molecule has 1 unspecified atom stereocenters. The van der Waals surface area contributed by atoms with Crippen molar-refractivity contribution in [2.24, 2.45) is 16.7 Å². The Morgan fingerprint density at radius 2 is 1.94 bits per heavy atom. The van der Waals surface area contributed by atoms with Gasteiger partial charge in [0.25, 0.3) is 0 Å². The summed E-state index contributed by atoms with van der Waals surface area (Å²) in [6, 6.07) is 5.06. The fourth-order valence-electron chi connectivity index (χ4n) is 3.48. The van der Waals surface area contributed by atoms with E-state index in [1.165, 1.54) is 17.7 Å². The van der Waals surface area contributed by atoms with Gasteiger partial charge >= 0.3 is 0 Å². The number of aryl methyl sites for hydroxylation is 1. The van der Waals surface area contributed by atoms with Gasteiger partial charge in [0.1, 0.15) is 0 Å². The predicted octanol–water partition coefficient (Wildman–Crippen LogP) is 3.95. The summed E-state index contributed by atoms with van der Waals surface area (Å²) < 4.78 is 0. The molecule has 17 heavy (non-hydrogen) atoms. The molecule has 0 saturated heterocycles. The van der Waals surface area contributed by atoms with E-state index in [0.29, 0.717) is 16.9 Å². The van der Waals surface area contributed by atoms with E-state index in [2.05, 4.69) is 57.6 Å². The van der Waals surface area contributed by atoms with Gasteiger partial charge in [-0.2, -0.15) is 0 Å². The molecule has 1 aliphatic rings. The molecule has 2 rings (SSSR count). The molecular weight excluding hydrogens is 226 g/mol. The zero-order valence-electron chi connectivity index (χ0n) is 11.7. The Hall–Kier alpha value is -0.340. The van der Waals surface area contributed by atoms with Gasteiger partial charge in [-0.05, 0) is 48.1 Å².